The Hall–Kier alpha value is -5.73. The highest BCUT2D eigenvalue weighted by Gasteiger charge is 2.35. The molecule has 1 aliphatic carbocycles. The molecule has 0 saturated carbocycles. The van der Waals surface area contributed by atoms with E-state index in [1.807, 2.05) is 0 Å². The molecule has 0 N–H and O–H groups in total. The monoisotopic (exact) mass is 587 g/mol. The molecule has 2 heterocycles. The van der Waals surface area contributed by atoms with E-state index in [1.165, 1.54) is 49.5 Å². The lowest BCUT2D eigenvalue weighted by Crippen LogP contribution is -2.14. The highest BCUT2D eigenvalue weighted by Crippen LogP contribution is 2.50. The molecule has 0 atom stereocenters. The maximum absolute atomic E-state index is 6.61. The van der Waals surface area contributed by atoms with Gasteiger partial charge < -0.3 is 4.42 Å². The summed E-state index contributed by atoms with van der Waals surface area (Å²) < 4.78 is 6.61. The molecule has 0 aliphatic heterocycles. The van der Waals surface area contributed by atoms with Crippen molar-refractivity contribution in [1.29, 1.82) is 0 Å². The summed E-state index contributed by atoms with van der Waals surface area (Å²) in [6, 6.07) is 50.5. The SMILES string of the molecule is CC1(C)c2ccccc2-c2ccc(-c3cc(-c4ccc5ccccc5c4)c4ccc5oc6c7ccccc7ccc6c5c4n3)cc21. The van der Waals surface area contributed by atoms with Crippen LogP contribution in [0.4, 0.5) is 0 Å². The number of benzene rings is 7. The second-order valence-corrected chi connectivity index (χ2v) is 13.1. The van der Waals surface area contributed by atoms with Gasteiger partial charge in [-0.3, -0.25) is 0 Å². The van der Waals surface area contributed by atoms with Crippen LogP contribution in [0, 0.1) is 0 Å². The van der Waals surface area contributed by atoms with E-state index in [2.05, 4.69) is 153 Å². The van der Waals surface area contributed by atoms with Crippen LogP contribution in [-0.4, -0.2) is 4.98 Å². The minimum atomic E-state index is -0.0883. The third-order valence-electron chi connectivity index (χ3n) is 10.2. The molecule has 0 unspecified atom stereocenters. The van der Waals surface area contributed by atoms with Crippen LogP contribution in [-0.2, 0) is 5.41 Å². The minimum Gasteiger partial charge on any atom is -0.455 e. The van der Waals surface area contributed by atoms with Crippen LogP contribution in [0.1, 0.15) is 25.0 Å². The third-order valence-corrected chi connectivity index (χ3v) is 10.2. The smallest absolute Gasteiger partial charge is 0.143 e. The van der Waals surface area contributed by atoms with Gasteiger partial charge in [-0.2, -0.15) is 0 Å². The van der Waals surface area contributed by atoms with Gasteiger partial charge in [0, 0.05) is 27.1 Å². The van der Waals surface area contributed by atoms with Crippen LogP contribution < -0.4 is 0 Å². The summed E-state index contributed by atoms with van der Waals surface area (Å²) in [5, 5.41) is 8.04. The first-order valence-corrected chi connectivity index (χ1v) is 16.0. The zero-order valence-electron chi connectivity index (χ0n) is 25.6. The first kappa shape index (κ1) is 25.6. The minimum absolute atomic E-state index is 0.0883. The summed E-state index contributed by atoms with van der Waals surface area (Å²) in [6.45, 7) is 4.67. The van der Waals surface area contributed by atoms with Gasteiger partial charge in [0.05, 0.1) is 16.6 Å². The van der Waals surface area contributed by atoms with Crippen molar-refractivity contribution in [3.63, 3.8) is 0 Å². The molecular weight excluding hydrogens is 558 g/mol. The molecule has 46 heavy (non-hydrogen) atoms. The summed E-state index contributed by atoms with van der Waals surface area (Å²) in [7, 11) is 0. The van der Waals surface area contributed by atoms with Crippen molar-refractivity contribution in [3.05, 3.63) is 151 Å². The van der Waals surface area contributed by atoms with Crippen LogP contribution in [0.25, 0.3) is 87.9 Å². The second kappa shape index (κ2) is 9.15. The first-order valence-electron chi connectivity index (χ1n) is 16.0. The number of aromatic nitrogens is 1. The Labute approximate surface area is 266 Å². The van der Waals surface area contributed by atoms with Crippen LogP contribution in [0.3, 0.4) is 0 Å². The first-order chi connectivity index (χ1) is 22.5. The molecule has 7 aromatic carbocycles. The lowest BCUT2D eigenvalue weighted by Gasteiger charge is -2.22. The van der Waals surface area contributed by atoms with Crippen LogP contribution in [0.5, 0.6) is 0 Å². The number of hydrogen-bond acceptors (Lipinski definition) is 2. The normalized spacial score (nSPS) is 13.6. The zero-order chi connectivity index (χ0) is 30.6. The van der Waals surface area contributed by atoms with E-state index in [1.54, 1.807) is 0 Å². The zero-order valence-corrected chi connectivity index (χ0v) is 25.6. The second-order valence-electron chi connectivity index (χ2n) is 13.1. The maximum atomic E-state index is 6.61. The predicted octanol–water partition coefficient (Wildman–Crippen LogP) is 12.1. The van der Waals surface area contributed by atoms with E-state index in [4.69, 9.17) is 9.40 Å². The quantitative estimate of drug-likeness (QED) is 0.201. The highest BCUT2D eigenvalue weighted by atomic mass is 16.3. The fourth-order valence-electron chi connectivity index (χ4n) is 7.89. The van der Waals surface area contributed by atoms with Crippen molar-refractivity contribution in [1.82, 2.24) is 4.98 Å². The van der Waals surface area contributed by atoms with Gasteiger partial charge in [0.2, 0.25) is 0 Å². The predicted molar refractivity (Wildman–Crippen MR) is 192 cm³/mol. The van der Waals surface area contributed by atoms with Gasteiger partial charge in [0.15, 0.2) is 0 Å². The molecule has 0 amide bonds. The summed E-state index contributed by atoms with van der Waals surface area (Å²) in [5.74, 6) is 0. The van der Waals surface area contributed by atoms with Crippen LogP contribution in [0.2, 0.25) is 0 Å². The van der Waals surface area contributed by atoms with Gasteiger partial charge in [-0.1, -0.05) is 117 Å². The van der Waals surface area contributed by atoms with Gasteiger partial charge in [0.25, 0.3) is 0 Å². The standard InChI is InChI=1S/C44H29NO/c1-44(2)37-14-8-7-13-32(37)33-19-18-30(24-38(33)44)39-25-36(29-16-15-26-9-3-4-11-28(26)23-29)34-21-22-40-41(42(34)45-39)35-20-17-27-10-5-6-12-31(27)43(35)46-40/h3-25H,1-2H3. The third kappa shape index (κ3) is 3.50. The van der Waals surface area contributed by atoms with Crippen molar-refractivity contribution in [3.8, 4) is 33.5 Å². The number of rotatable bonds is 2. The van der Waals surface area contributed by atoms with E-state index in [9.17, 15) is 0 Å². The molecule has 2 heteroatoms. The van der Waals surface area contributed by atoms with Crippen molar-refractivity contribution in [2.45, 2.75) is 19.3 Å². The molecule has 2 nitrogen and oxygen atoms in total. The molecule has 1 aliphatic rings. The molecule has 10 rings (SSSR count). The van der Waals surface area contributed by atoms with Gasteiger partial charge in [0.1, 0.15) is 11.2 Å². The van der Waals surface area contributed by atoms with Crippen molar-refractivity contribution < 1.29 is 4.42 Å². The molecule has 9 aromatic rings. The topological polar surface area (TPSA) is 26.0 Å². The molecule has 0 radical (unpaired) electrons. The number of hydrogen-bond donors (Lipinski definition) is 0. The Kier molecular flexibility index (Phi) is 5.09. The van der Waals surface area contributed by atoms with E-state index in [-0.39, 0.29) is 5.41 Å². The van der Waals surface area contributed by atoms with Gasteiger partial charge in [-0.05, 0) is 85.9 Å². The summed E-state index contributed by atoms with van der Waals surface area (Å²) in [4.78, 5) is 5.49. The van der Waals surface area contributed by atoms with Crippen molar-refractivity contribution in [2.75, 3.05) is 0 Å². The fourth-order valence-corrected chi connectivity index (χ4v) is 7.89. The summed E-state index contributed by atoms with van der Waals surface area (Å²) in [6.07, 6.45) is 0. The lowest BCUT2D eigenvalue weighted by atomic mass is 9.82. The van der Waals surface area contributed by atoms with Crippen LogP contribution >= 0.6 is 0 Å². The molecule has 216 valence electrons. The van der Waals surface area contributed by atoms with Gasteiger partial charge >= 0.3 is 0 Å². The Bertz CT molecular complexity index is 2730. The van der Waals surface area contributed by atoms with Gasteiger partial charge in [-0.15, -0.1) is 0 Å². The summed E-state index contributed by atoms with van der Waals surface area (Å²) >= 11 is 0. The number of furan rings is 1. The Balaban J connectivity index is 1.29. The fraction of sp³-hybridized carbons (Fsp3) is 0.0682. The van der Waals surface area contributed by atoms with Gasteiger partial charge in [-0.25, -0.2) is 4.98 Å². The number of nitrogens with zero attached hydrogens (tertiary/aromatic N) is 1. The Morgan fingerprint density at radius 3 is 2.13 bits per heavy atom. The molecule has 0 saturated heterocycles. The largest absolute Gasteiger partial charge is 0.455 e. The van der Waals surface area contributed by atoms with E-state index in [0.717, 1.165) is 49.5 Å². The van der Waals surface area contributed by atoms with E-state index < -0.39 is 0 Å². The van der Waals surface area contributed by atoms with E-state index >= 15 is 0 Å². The van der Waals surface area contributed by atoms with Crippen molar-refractivity contribution >= 4 is 54.4 Å². The van der Waals surface area contributed by atoms with E-state index in [0.29, 0.717) is 0 Å². The average Bonchev–Trinajstić information content (AvgIpc) is 3.60. The summed E-state index contributed by atoms with van der Waals surface area (Å²) in [5.41, 5.74) is 12.5. The average molecular weight is 588 g/mol. The lowest BCUT2D eigenvalue weighted by molar-refractivity contribution is 0.660. The molecule has 0 bridgehead atoms. The highest BCUT2D eigenvalue weighted by molar-refractivity contribution is 6.23. The Morgan fingerprint density at radius 1 is 0.500 bits per heavy atom. The van der Waals surface area contributed by atoms with Crippen molar-refractivity contribution in [2.24, 2.45) is 0 Å². The molecule has 2 aromatic heterocycles. The maximum Gasteiger partial charge on any atom is 0.143 e. The Morgan fingerprint density at radius 2 is 1.22 bits per heavy atom. The number of pyridine rings is 1. The number of fused-ring (bicyclic) bond motifs is 11. The van der Waals surface area contributed by atoms with Crippen LogP contribution in [0.15, 0.2) is 144 Å². The molecule has 0 fully saturated rings. The molecule has 0 spiro atoms. The molecular formula is C44H29NO.